The van der Waals surface area contributed by atoms with Crippen LogP contribution in [-0.4, -0.2) is 17.8 Å². The van der Waals surface area contributed by atoms with Crippen LogP contribution in [0, 0.1) is 0 Å². The molecule has 0 radical (unpaired) electrons. The molecule has 0 atom stereocenters. The highest BCUT2D eigenvalue weighted by molar-refractivity contribution is 9.10. The van der Waals surface area contributed by atoms with Crippen LogP contribution < -0.4 is 5.84 Å². The Morgan fingerprint density at radius 3 is 2.35 bits per heavy atom. The summed E-state index contributed by atoms with van der Waals surface area (Å²) in [7, 11) is 0. The Hall–Kier alpha value is -0.890. The largest absolute Gasteiger partial charge is 0.453 e. The molecule has 0 unspecified atom stereocenters. The summed E-state index contributed by atoms with van der Waals surface area (Å²) in [4.78, 5) is 0. The van der Waals surface area contributed by atoms with E-state index in [0.717, 1.165) is 0 Å². The van der Waals surface area contributed by atoms with E-state index in [9.17, 15) is 22.0 Å². The first-order valence-corrected chi connectivity index (χ1v) is 6.42. The van der Waals surface area contributed by atoms with Gasteiger partial charge in [0.2, 0.25) is 0 Å². The van der Waals surface area contributed by atoms with Gasteiger partial charge in [0, 0.05) is 21.5 Å². The molecular weight excluding hydrogens is 370 g/mol. The first-order valence-electron chi connectivity index (χ1n) is 5.25. The predicted molar refractivity (Wildman–Crippen MR) is 70.1 cm³/mol. The molecule has 0 spiro atoms. The van der Waals surface area contributed by atoms with Crippen LogP contribution in [0.2, 0.25) is 5.02 Å². The molecule has 0 amide bonds. The van der Waals surface area contributed by atoms with Gasteiger partial charge in [-0.25, -0.2) is 0 Å². The summed E-state index contributed by atoms with van der Waals surface area (Å²) in [5.74, 6) is 0.262. The fourth-order valence-corrected chi connectivity index (χ4v) is 2.05. The van der Waals surface area contributed by atoms with E-state index in [1.165, 1.54) is 18.2 Å². The Labute approximate surface area is 124 Å². The van der Waals surface area contributed by atoms with E-state index in [-0.39, 0.29) is 16.3 Å². The number of hydrogen-bond donors (Lipinski definition) is 1. The van der Waals surface area contributed by atoms with Gasteiger partial charge in [-0.15, -0.1) is 0 Å². The van der Waals surface area contributed by atoms with Gasteiger partial charge in [-0.2, -0.15) is 27.1 Å². The second kappa shape index (κ2) is 6.26. The van der Waals surface area contributed by atoms with Crippen molar-refractivity contribution in [1.82, 2.24) is 0 Å². The number of hydrogen-bond acceptors (Lipinski definition) is 2. The minimum absolute atomic E-state index is 0.0942. The Bertz CT molecular complexity index is 516. The number of hydrazone groups is 1. The van der Waals surface area contributed by atoms with E-state index in [0.29, 0.717) is 4.47 Å². The number of rotatable bonds is 4. The molecule has 0 saturated carbocycles. The maximum atomic E-state index is 12.9. The molecule has 0 aromatic heterocycles. The van der Waals surface area contributed by atoms with Crippen LogP contribution in [-0.2, 0) is 0 Å². The van der Waals surface area contributed by atoms with Crippen molar-refractivity contribution in [3.8, 4) is 0 Å². The summed E-state index contributed by atoms with van der Waals surface area (Å²) in [5, 5.41) is 3.56. The Kier molecular flexibility index (Phi) is 5.37. The van der Waals surface area contributed by atoms with E-state index in [4.69, 9.17) is 17.4 Å². The van der Waals surface area contributed by atoms with Gasteiger partial charge in [-0.3, -0.25) is 0 Å². The third-order valence-corrected chi connectivity index (χ3v) is 3.41. The van der Waals surface area contributed by atoms with Crippen molar-refractivity contribution in [2.75, 3.05) is 0 Å². The first-order chi connectivity index (χ1) is 9.08. The van der Waals surface area contributed by atoms with Crippen molar-refractivity contribution in [2.24, 2.45) is 10.9 Å². The van der Waals surface area contributed by atoms with Crippen molar-refractivity contribution in [3.63, 3.8) is 0 Å². The molecule has 0 aliphatic heterocycles. The van der Waals surface area contributed by atoms with Gasteiger partial charge >= 0.3 is 12.1 Å². The Morgan fingerprint density at radius 1 is 1.25 bits per heavy atom. The van der Waals surface area contributed by atoms with Gasteiger partial charge in [0.05, 0.1) is 5.71 Å². The zero-order valence-electron chi connectivity index (χ0n) is 9.82. The quantitative estimate of drug-likeness (QED) is 0.349. The van der Waals surface area contributed by atoms with Crippen LogP contribution in [0.15, 0.2) is 27.8 Å². The van der Waals surface area contributed by atoms with Crippen molar-refractivity contribution < 1.29 is 22.0 Å². The fraction of sp³-hybridized carbons (Fsp3) is 0.364. The summed E-state index contributed by atoms with van der Waals surface area (Å²) in [6.07, 6.45) is -7.67. The molecule has 2 N–H and O–H groups in total. The second-order valence-electron chi connectivity index (χ2n) is 3.90. The molecule has 112 valence electrons. The molecule has 0 aliphatic rings. The summed E-state index contributed by atoms with van der Waals surface area (Å²) in [5.41, 5.74) is 0.182. The molecule has 0 heterocycles. The highest BCUT2D eigenvalue weighted by Crippen LogP contribution is 2.39. The molecule has 1 aromatic carbocycles. The SMILES string of the molecule is N/N=C(\CCC(F)(F)C(F)(F)F)c1cc(Cl)ccc1Br. The molecule has 9 heteroatoms. The van der Waals surface area contributed by atoms with Gasteiger partial charge in [0.1, 0.15) is 0 Å². The monoisotopic (exact) mass is 378 g/mol. The normalized spacial score (nSPS) is 13.7. The summed E-state index contributed by atoms with van der Waals surface area (Å²) in [6.45, 7) is 0. The van der Waals surface area contributed by atoms with E-state index in [1.807, 2.05) is 0 Å². The number of nitrogens with two attached hydrogens (primary N) is 1. The molecule has 0 bridgehead atoms. The van der Waals surface area contributed by atoms with E-state index < -0.39 is 24.9 Å². The molecular formula is C11H9BrClF5N2. The topological polar surface area (TPSA) is 38.4 Å². The van der Waals surface area contributed by atoms with Crippen LogP contribution in [0.5, 0.6) is 0 Å². The lowest BCUT2D eigenvalue weighted by Gasteiger charge is -2.19. The van der Waals surface area contributed by atoms with Crippen LogP contribution in [0.1, 0.15) is 18.4 Å². The molecule has 2 nitrogen and oxygen atoms in total. The summed E-state index contributed by atoms with van der Waals surface area (Å²) in [6, 6.07) is 4.42. The van der Waals surface area contributed by atoms with E-state index in [1.54, 1.807) is 0 Å². The van der Waals surface area contributed by atoms with E-state index in [2.05, 4.69) is 21.0 Å². The Morgan fingerprint density at radius 2 is 1.85 bits per heavy atom. The molecule has 1 rings (SSSR count). The molecule has 0 fully saturated rings. The molecule has 0 aliphatic carbocycles. The van der Waals surface area contributed by atoms with Crippen LogP contribution >= 0.6 is 27.5 Å². The lowest BCUT2D eigenvalue weighted by atomic mass is 10.0. The lowest BCUT2D eigenvalue weighted by Crippen LogP contribution is -2.36. The Balaban J connectivity index is 2.93. The third kappa shape index (κ3) is 4.05. The van der Waals surface area contributed by atoms with Crippen molar-refractivity contribution >= 4 is 33.2 Å². The van der Waals surface area contributed by atoms with Gasteiger partial charge in [0.15, 0.2) is 0 Å². The maximum absolute atomic E-state index is 12.9. The number of benzene rings is 1. The zero-order chi connectivity index (χ0) is 15.6. The lowest BCUT2D eigenvalue weighted by molar-refractivity contribution is -0.283. The summed E-state index contributed by atoms with van der Waals surface area (Å²) < 4.78 is 62.4. The third-order valence-electron chi connectivity index (χ3n) is 2.49. The smallest absolute Gasteiger partial charge is 0.323 e. The standard InChI is InChI=1S/C11H9BrClF5N2/c12-8-2-1-6(13)5-7(8)9(20-19)3-4-10(14,15)11(16,17)18/h1-2,5H,3-4,19H2/b20-9+. The predicted octanol–water partition coefficient (Wildman–Crippen LogP) is 4.74. The average Bonchev–Trinajstić information content (AvgIpc) is 2.32. The van der Waals surface area contributed by atoms with Gasteiger partial charge in [-0.1, -0.05) is 27.5 Å². The van der Waals surface area contributed by atoms with Gasteiger partial charge in [-0.05, 0) is 24.6 Å². The minimum Gasteiger partial charge on any atom is -0.323 e. The van der Waals surface area contributed by atoms with Gasteiger partial charge < -0.3 is 5.84 Å². The van der Waals surface area contributed by atoms with E-state index >= 15 is 0 Å². The molecule has 20 heavy (non-hydrogen) atoms. The van der Waals surface area contributed by atoms with Crippen molar-refractivity contribution in [2.45, 2.75) is 24.9 Å². The van der Waals surface area contributed by atoms with Crippen LogP contribution in [0.3, 0.4) is 0 Å². The molecule has 1 aromatic rings. The number of alkyl halides is 5. The van der Waals surface area contributed by atoms with Crippen molar-refractivity contribution in [3.05, 3.63) is 33.3 Å². The highest BCUT2D eigenvalue weighted by atomic mass is 79.9. The number of halogens is 7. The number of nitrogens with zero attached hydrogens (tertiary/aromatic N) is 1. The highest BCUT2D eigenvalue weighted by Gasteiger charge is 2.56. The zero-order valence-corrected chi connectivity index (χ0v) is 12.2. The fourth-order valence-electron chi connectivity index (χ4n) is 1.40. The first kappa shape index (κ1) is 17.2. The minimum atomic E-state index is -5.60. The second-order valence-corrected chi connectivity index (χ2v) is 5.19. The van der Waals surface area contributed by atoms with Gasteiger partial charge in [0.25, 0.3) is 0 Å². The van der Waals surface area contributed by atoms with Crippen molar-refractivity contribution in [1.29, 1.82) is 0 Å². The van der Waals surface area contributed by atoms with Crippen LogP contribution in [0.4, 0.5) is 22.0 Å². The maximum Gasteiger partial charge on any atom is 0.453 e. The molecule has 0 saturated heterocycles. The van der Waals surface area contributed by atoms with Crippen LogP contribution in [0.25, 0.3) is 0 Å². The summed E-state index contributed by atoms with van der Waals surface area (Å²) >= 11 is 8.86. The average molecular weight is 380 g/mol.